The first-order valence-electron chi connectivity index (χ1n) is 3.72. The quantitative estimate of drug-likeness (QED) is 0.361. The fourth-order valence-corrected chi connectivity index (χ4v) is 0.752. The number of carbonyl (C=O) groups excluding carboxylic acids is 2. The van der Waals surface area contributed by atoms with Gasteiger partial charge in [-0.05, 0) is 6.92 Å². The summed E-state index contributed by atoms with van der Waals surface area (Å²) in [6.45, 7) is 1.63. The molecule has 13 heavy (non-hydrogen) atoms. The van der Waals surface area contributed by atoms with E-state index in [-0.39, 0.29) is 6.42 Å². The standard InChI is InChI=1S/C9H12O4/c1-4-5-6-7(8(10)12-2)9(11)13-3/h7H,6H2,1-3H3. The molecule has 0 saturated carbocycles. The van der Waals surface area contributed by atoms with Crippen LogP contribution < -0.4 is 0 Å². The predicted octanol–water partition coefficient (Wildman–Crippen LogP) is 0.362. The summed E-state index contributed by atoms with van der Waals surface area (Å²) in [6.07, 6.45) is 0.135. The van der Waals surface area contributed by atoms with Crippen LogP contribution in [0.25, 0.3) is 0 Å². The molecule has 0 aromatic rings. The summed E-state index contributed by atoms with van der Waals surface area (Å²) in [7, 11) is 2.44. The first-order valence-corrected chi connectivity index (χ1v) is 3.72. The Bertz CT molecular complexity index is 230. The first-order chi connectivity index (χ1) is 6.17. The molecule has 0 aliphatic carbocycles. The number of rotatable bonds is 3. The number of ether oxygens (including phenoxy) is 2. The molecule has 0 unspecified atom stereocenters. The van der Waals surface area contributed by atoms with Crippen LogP contribution in [-0.2, 0) is 19.1 Å². The Labute approximate surface area is 77.2 Å². The maximum Gasteiger partial charge on any atom is 0.321 e. The third kappa shape index (κ3) is 3.61. The van der Waals surface area contributed by atoms with E-state index in [9.17, 15) is 9.59 Å². The molecule has 72 valence electrons. The van der Waals surface area contributed by atoms with Gasteiger partial charge >= 0.3 is 11.9 Å². The largest absolute Gasteiger partial charge is 0.468 e. The molecule has 0 spiro atoms. The summed E-state index contributed by atoms with van der Waals surface area (Å²) >= 11 is 0. The SMILES string of the molecule is CC#CCC(C(=O)OC)C(=O)OC. The Hall–Kier alpha value is -1.50. The molecular weight excluding hydrogens is 172 g/mol. The highest BCUT2D eigenvalue weighted by Gasteiger charge is 2.27. The molecule has 0 aliphatic heterocycles. The van der Waals surface area contributed by atoms with Gasteiger partial charge in [0.15, 0.2) is 5.92 Å². The summed E-state index contributed by atoms with van der Waals surface area (Å²) in [4.78, 5) is 22.1. The number of esters is 2. The van der Waals surface area contributed by atoms with Crippen molar-refractivity contribution in [2.45, 2.75) is 13.3 Å². The zero-order valence-electron chi connectivity index (χ0n) is 7.92. The van der Waals surface area contributed by atoms with Crippen molar-refractivity contribution in [2.24, 2.45) is 5.92 Å². The van der Waals surface area contributed by atoms with Crippen molar-refractivity contribution in [3.05, 3.63) is 0 Å². The normalized spacial score (nSPS) is 8.62. The molecule has 0 aromatic heterocycles. The molecule has 4 nitrogen and oxygen atoms in total. The van der Waals surface area contributed by atoms with Crippen LogP contribution in [0.5, 0.6) is 0 Å². The van der Waals surface area contributed by atoms with Gasteiger partial charge in [0, 0.05) is 6.42 Å². The van der Waals surface area contributed by atoms with Crippen molar-refractivity contribution in [3.63, 3.8) is 0 Å². The highest BCUT2D eigenvalue weighted by molar-refractivity contribution is 5.95. The van der Waals surface area contributed by atoms with Crippen LogP contribution >= 0.6 is 0 Å². The molecule has 0 radical (unpaired) electrons. The Kier molecular flexibility index (Phi) is 5.37. The van der Waals surface area contributed by atoms with Crippen LogP contribution in [0.2, 0.25) is 0 Å². The van der Waals surface area contributed by atoms with E-state index in [4.69, 9.17) is 0 Å². The average molecular weight is 184 g/mol. The first kappa shape index (κ1) is 11.5. The molecule has 0 aromatic carbocycles. The Morgan fingerprint density at radius 2 is 1.69 bits per heavy atom. The highest BCUT2D eigenvalue weighted by Crippen LogP contribution is 2.06. The van der Waals surface area contributed by atoms with Gasteiger partial charge < -0.3 is 9.47 Å². The summed E-state index contributed by atoms with van der Waals surface area (Å²) in [5.74, 6) is 3.06. The van der Waals surface area contributed by atoms with Crippen molar-refractivity contribution < 1.29 is 19.1 Å². The molecule has 4 heteroatoms. The van der Waals surface area contributed by atoms with Gasteiger partial charge in [-0.3, -0.25) is 9.59 Å². The van der Waals surface area contributed by atoms with E-state index in [1.807, 2.05) is 0 Å². The maximum absolute atomic E-state index is 11.0. The van der Waals surface area contributed by atoms with Crippen LogP contribution in [0.4, 0.5) is 0 Å². The number of carbonyl (C=O) groups is 2. The van der Waals surface area contributed by atoms with Crippen molar-refractivity contribution in [2.75, 3.05) is 14.2 Å². The minimum atomic E-state index is -0.928. The van der Waals surface area contributed by atoms with E-state index in [1.165, 1.54) is 14.2 Å². The lowest BCUT2D eigenvalue weighted by Crippen LogP contribution is -2.26. The smallest absolute Gasteiger partial charge is 0.321 e. The molecular formula is C9H12O4. The molecule has 0 heterocycles. The third-order valence-corrected chi connectivity index (χ3v) is 1.45. The van der Waals surface area contributed by atoms with Gasteiger partial charge in [0.25, 0.3) is 0 Å². The van der Waals surface area contributed by atoms with Crippen LogP contribution in [-0.4, -0.2) is 26.2 Å². The van der Waals surface area contributed by atoms with Crippen molar-refractivity contribution >= 4 is 11.9 Å². The lowest BCUT2D eigenvalue weighted by atomic mass is 10.1. The van der Waals surface area contributed by atoms with E-state index in [1.54, 1.807) is 6.92 Å². The van der Waals surface area contributed by atoms with Gasteiger partial charge in [-0.15, -0.1) is 11.8 Å². The van der Waals surface area contributed by atoms with Gasteiger partial charge in [-0.1, -0.05) is 0 Å². The topological polar surface area (TPSA) is 52.6 Å². The highest BCUT2D eigenvalue weighted by atomic mass is 16.5. The summed E-state index contributed by atoms with van der Waals surface area (Å²) < 4.78 is 8.85. The zero-order valence-corrected chi connectivity index (χ0v) is 7.92. The average Bonchev–Trinajstić information content (AvgIpc) is 2.17. The molecule has 0 amide bonds. The zero-order chi connectivity index (χ0) is 10.3. The Balaban J connectivity index is 4.41. The summed E-state index contributed by atoms with van der Waals surface area (Å²) in [5.41, 5.74) is 0. The molecule has 0 rings (SSSR count). The van der Waals surface area contributed by atoms with Crippen LogP contribution in [0.1, 0.15) is 13.3 Å². The van der Waals surface area contributed by atoms with E-state index in [0.29, 0.717) is 0 Å². The minimum absolute atomic E-state index is 0.135. The Morgan fingerprint density at radius 1 is 1.23 bits per heavy atom. The van der Waals surface area contributed by atoms with Gasteiger partial charge in [-0.2, -0.15) is 0 Å². The number of hydrogen-bond donors (Lipinski definition) is 0. The second-order valence-electron chi connectivity index (χ2n) is 2.23. The fraction of sp³-hybridized carbons (Fsp3) is 0.556. The summed E-state index contributed by atoms with van der Waals surface area (Å²) in [5, 5.41) is 0. The van der Waals surface area contributed by atoms with Crippen LogP contribution in [0.15, 0.2) is 0 Å². The second kappa shape index (κ2) is 6.06. The lowest BCUT2D eigenvalue weighted by molar-refractivity contribution is -0.158. The molecule has 0 aliphatic rings. The lowest BCUT2D eigenvalue weighted by Gasteiger charge is -2.08. The molecule has 0 N–H and O–H groups in total. The van der Waals surface area contributed by atoms with Crippen LogP contribution in [0, 0.1) is 17.8 Å². The van der Waals surface area contributed by atoms with Crippen LogP contribution in [0.3, 0.4) is 0 Å². The van der Waals surface area contributed by atoms with Gasteiger partial charge in [-0.25, -0.2) is 0 Å². The number of methoxy groups -OCH3 is 2. The fourth-order valence-electron chi connectivity index (χ4n) is 0.752. The molecule has 0 fully saturated rings. The van der Waals surface area contributed by atoms with Crippen molar-refractivity contribution in [1.82, 2.24) is 0 Å². The summed E-state index contributed by atoms with van der Waals surface area (Å²) in [6, 6.07) is 0. The van der Waals surface area contributed by atoms with Gasteiger partial charge in [0.05, 0.1) is 14.2 Å². The minimum Gasteiger partial charge on any atom is -0.468 e. The van der Waals surface area contributed by atoms with Gasteiger partial charge in [0.2, 0.25) is 0 Å². The van der Waals surface area contributed by atoms with Crippen molar-refractivity contribution in [1.29, 1.82) is 0 Å². The predicted molar refractivity (Wildman–Crippen MR) is 45.6 cm³/mol. The van der Waals surface area contributed by atoms with Crippen molar-refractivity contribution in [3.8, 4) is 11.8 Å². The number of hydrogen-bond acceptors (Lipinski definition) is 4. The Morgan fingerprint density at radius 3 is 2.00 bits per heavy atom. The maximum atomic E-state index is 11.0. The second-order valence-corrected chi connectivity index (χ2v) is 2.23. The van der Waals surface area contributed by atoms with E-state index < -0.39 is 17.9 Å². The molecule has 0 atom stereocenters. The third-order valence-electron chi connectivity index (χ3n) is 1.45. The van der Waals surface area contributed by atoms with E-state index in [2.05, 4.69) is 21.3 Å². The molecule has 0 bridgehead atoms. The monoisotopic (exact) mass is 184 g/mol. The van der Waals surface area contributed by atoms with Gasteiger partial charge in [0.1, 0.15) is 0 Å². The van der Waals surface area contributed by atoms with E-state index >= 15 is 0 Å². The molecule has 0 saturated heterocycles. The van der Waals surface area contributed by atoms with E-state index in [0.717, 1.165) is 0 Å².